The van der Waals surface area contributed by atoms with Crippen LogP contribution < -0.4 is 5.32 Å². The van der Waals surface area contributed by atoms with Crippen LogP contribution in [0.15, 0.2) is 18.5 Å². The summed E-state index contributed by atoms with van der Waals surface area (Å²) in [7, 11) is -2.99. The van der Waals surface area contributed by atoms with Crippen molar-refractivity contribution in [3.05, 3.63) is 29.8 Å². The molecule has 0 aliphatic carbocycles. The molecular formula is C10H15FN2O2S. The van der Waals surface area contributed by atoms with E-state index in [1.165, 1.54) is 12.3 Å². The second-order valence-electron chi connectivity index (χ2n) is 3.89. The minimum absolute atomic E-state index is 0.0652. The average molecular weight is 246 g/mol. The Morgan fingerprint density at radius 3 is 2.75 bits per heavy atom. The number of pyridine rings is 1. The fourth-order valence-corrected chi connectivity index (χ4v) is 2.38. The SMILES string of the molecule is CC(CS(C)(=O)=O)NCc1cncc(F)c1. The lowest BCUT2D eigenvalue weighted by atomic mass is 10.2. The zero-order valence-corrected chi connectivity index (χ0v) is 10.1. The molecule has 6 heteroatoms. The first-order valence-electron chi connectivity index (χ1n) is 4.87. The van der Waals surface area contributed by atoms with Gasteiger partial charge in [0.05, 0.1) is 11.9 Å². The van der Waals surface area contributed by atoms with Gasteiger partial charge in [0, 0.05) is 25.0 Å². The summed E-state index contributed by atoms with van der Waals surface area (Å²) in [5.41, 5.74) is 0.695. The Hall–Kier alpha value is -1.01. The number of aromatic nitrogens is 1. The molecule has 0 fully saturated rings. The maximum absolute atomic E-state index is 12.8. The zero-order chi connectivity index (χ0) is 12.2. The summed E-state index contributed by atoms with van der Waals surface area (Å²) in [6.45, 7) is 2.18. The molecule has 0 spiro atoms. The van der Waals surface area contributed by atoms with E-state index in [4.69, 9.17) is 0 Å². The maximum Gasteiger partial charge on any atom is 0.148 e. The molecule has 1 N–H and O–H groups in total. The van der Waals surface area contributed by atoms with Gasteiger partial charge in [-0.05, 0) is 18.6 Å². The van der Waals surface area contributed by atoms with E-state index >= 15 is 0 Å². The molecule has 0 aliphatic rings. The number of nitrogens with zero attached hydrogens (tertiary/aromatic N) is 1. The number of nitrogens with one attached hydrogen (secondary N) is 1. The molecule has 0 saturated carbocycles. The Morgan fingerprint density at radius 2 is 2.19 bits per heavy atom. The van der Waals surface area contributed by atoms with Crippen molar-refractivity contribution in [2.45, 2.75) is 19.5 Å². The monoisotopic (exact) mass is 246 g/mol. The van der Waals surface area contributed by atoms with E-state index in [2.05, 4.69) is 10.3 Å². The minimum Gasteiger partial charge on any atom is -0.309 e. The summed E-state index contributed by atoms with van der Waals surface area (Å²) in [5, 5.41) is 3.00. The molecule has 16 heavy (non-hydrogen) atoms. The van der Waals surface area contributed by atoms with Gasteiger partial charge in [0.1, 0.15) is 15.7 Å². The second-order valence-corrected chi connectivity index (χ2v) is 6.07. The van der Waals surface area contributed by atoms with Crippen molar-refractivity contribution in [3.63, 3.8) is 0 Å². The molecule has 90 valence electrons. The third-order valence-electron chi connectivity index (χ3n) is 1.97. The van der Waals surface area contributed by atoms with Gasteiger partial charge >= 0.3 is 0 Å². The van der Waals surface area contributed by atoms with Crippen molar-refractivity contribution < 1.29 is 12.8 Å². The summed E-state index contributed by atoms with van der Waals surface area (Å²) >= 11 is 0. The minimum atomic E-state index is -2.99. The van der Waals surface area contributed by atoms with Crippen LogP contribution in [0.5, 0.6) is 0 Å². The Labute approximate surface area is 94.8 Å². The van der Waals surface area contributed by atoms with Gasteiger partial charge in [-0.25, -0.2) is 12.8 Å². The van der Waals surface area contributed by atoms with E-state index in [-0.39, 0.29) is 11.8 Å². The largest absolute Gasteiger partial charge is 0.309 e. The molecule has 4 nitrogen and oxygen atoms in total. The molecule has 0 saturated heterocycles. The summed E-state index contributed by atoms with van der Waals surface area (Å²) in [6.07, 6.45) is 3.86. The lowest BCUT2D eigenvalue weighted by molar-refractivity contribution is 0.556. The molecule has 1 rings (SSSR count). The predicted molar refractivity (Wildman–Crippen MR) is 60.2 cm³/mol. The van der Waals surface area contributed by atoms with Gasteiger partial charge in [0.15, 0.2) is 0 Å². The highest BCUT2D eigenvalue weighted by atomic mass is 32.2. The molecule has 0 bridgehead atoms. The molecule has 1 aromatic rings. The number of rotatable bonds is 5. The smallest absolute Gasteiger partial charge is 0.148 e. The van der Waals surface area contributed by atoms with Crippen LogP contribution in [0.3, 0.4) is 0 Å². The highest BCUT2D eigenvalue weighted by Crippen LogP contribution is 2.01. The van der Waals surface area contributed by atoms with Gasteiger partial charge < -0.3 is 5.32 Å². The molecule has 1 atom stereocenters. The van der Waals surface area contributed by atoms with E-state index in [0.717, 1.165) is 6.20 Å². The van der Waals surface area contributed by atoms with Gasteiger partial charge in [0.2, 0.25) is 0 Å². The van der Waals surface area contributed by atoms with Gasteiger partial charge in [0.25, 0.3) is 0 Å². The lowest BCUT2D eigenvalue weighted by Crippen LogP contribution is -2.32. The molecule has 1 aromatic heterocycles. The number of halogens is 1. The summed E-state index contributed by atoms with van der Waals surface area (Å²) in [5.74, 6) is -0.328. The Bertz CT molecular complexity index is 448. The quantitative estimate of drug-likeness (QED) is 0.832. The molecule has 0 aromatic carbocycles. The normalized spacial score (nSPS) is 13.7. The van der Waals surface area contributed by atoms with Crippen molar-refractivity contribution in [1.29, 1.82) is 0 Å². The van der Waals surface area contributed by atoms with E-state index < -0.39 is 15.7 Å². The molecule has 1 unspecified atom stereocenters. The standard InChI is InChI=1S/C10H15FN2O2S/c1-8(7-16(2,14)15)13-5-9-3-10(11)6-12-4-9/h3-4,6,8,13H,5,7H2,1-2H3. The summed E-state index contributed by atoms with van der Waals surface area (Å²) in [4.78, 5) is 3.70. The van der Waals surface area contributed by atoms with Gasteiger partial charge in [-0.1, -0.05) is 0 Å². The van der Waals surface area contributed by atoms with Crippen LogP contribution in [-0.2, 0) is 16.4 Å². The summed E-state index contributed by atoms with van der Waals surface area (Å²) in [6, 6.07) is 1.20. The second kappa shape index (κ2) is 5.36. The van der Waals surface area contributed by atoms with E-state index in [1.807, 2.05) is 0 Å². The first-order chi connectivity index (χ1) is 7.37. The molecule has 1 heterocycles. The third kappa shape index (κ3) is 5.18. The Balaban J connectivity index is 2.46. The van der Waals surface area contributed by atoms with Crippen LogP contribution >= 0.6 is 0 Å². The van der Waals surface area contributed by atoms with Gasteiger partial charge in [-0.15, -0.1) is 0 Å². The predicted octanol–water partition coefficient (Wildman–Crippen LogP) is 0.743. The maximum atomic E-state index is 12.8. The van der Waals surface area contributed by atoms with Crippen LogP contribution in [0.1, 0.15) is 12.5 Å². The van der Waals surface area contributed by atoms with Crippen molar-refractivity contribution in [2.75, 3.05) is 12.0 Å². The van der Waals surface area contributed by atoms with Crippen LogP contribution in [-0.4, -0.2) is 31.5 Å². The highest BCUT2D eigenvalue weighted by molar-refractivity contribution is 7.90. The zero-order valence-electron chi connectivity index (χ0n) is 9.27. The van der Waals surface area contributed by atoms with Gasteiger partial charge in [-0.2, -0.15) is 0 Å². The number of hydrogen-bond donors (Lipinski definition) is 1. The van der Waals surface area contributed by atoms with Crippen molar-refractivity contribution in [1.82, 2.24) is 10.3 Å². The molecule has 0 amide bonds. The highest BCUT2D eigenvalue weighted by Gasteiger charge is 2.09. The number of hydrogen-bond acceptors (Lipinski definition) is 4. The van der Waals surface area contributed by atoms with Crippen molar-refractivity contribution >= 4 is 9.84 Å². The fourth-order valence-electron chi connectivity index (χ4n) is 1.36. The van der Waals surface area contributed by atoms with E-state index in [1.54, 1.807) is 13.1 Å². The molecule has 0 aliphatic heterocycles. The van der Waals surface area contributed by atoms with Crippen molar-refractivity contribution in [3.8, 4) is 0 Å². The van der Waals surface area contributed by atoms with Crippen LogP contribution in [0.4, 0.5) is 4.39 Å². The third-order valence-corrected chi connectivity index (χ3v) is 3.07. The topological polar surface area (TPSA) is 59.1 Å². The van der Waals surface area contributed by atoms with Crippen molar-refractivity contribution in [2.24, 2.45) is 0 Å². The van der Waals surface area contributed by atoms with Crippen LogP contribution in [0.2, 0.25) is 0 Å². The van der Waals surface area contributed by atoms with E-state index in [9.17, 15) is 12.8 Å². The molecule has 0 radical (unpaired) electrons. The summed E-state index contributed by atoms with van der Waals surface area (Å²) < 4.78 is 34.8. The first-order valence-corrected chi connectivity index (χ1v) is 6.93. The van der Waals surface area contributed by atoms with E-state index in [0.29, 0.717) is 12.1 Å². The fraction of sp³-hybridized carbons (Fsp3) is 0.500. The Kier molecular flexibility index (Phi) is 4.37. The molecular weight excluding hydrogens is 231 g/mol. The average Bonchev–Trinajstić information content (AvgIpc) is 2.12. The van der Waals surface area contributed by atoms with Crippen LogP contribution in [0, 0.1) is 5.82 Å². The Morgan fingerprint density at radius 1 is 1.50 bits per heavy atom. The first kappa shape index (κ1) is 13.1. The number of sulfone groups is 1. The lowest BCUT2D eigenvalue weighted by Gasteiger charge is -2.12. The van der Waals surface area contributed by atoms with Crippen LogP contribution in [0.25, 0.3) is 0 Å². The van der Waals surface area contributed by atoms with Gasteiger partial charge in [-0.3, -0.25) is 4.98 Å².